The van der Waals surface area contributed by atoms with Gasteiger partial charge in [0.15, 0.2) is 11.5 Å². The number of benzene rings is 2. The molecule has 7 nitrogen and oxygen atoms in total. The highest BCUT2D eigenvalue weighted by Gasteiger charge is 2.14. The number of hydrogen-bond acceptors (Lipinski definition) is 6. The maximum atomic E-state index is 12.5. The lowest BCUT2D eigenvalue weighted by Crippen LogP contribution is -2.16. The molecule has 2 N–H and O–H groups in total. The van der Waals surface area contributed by atoms with E-state index < -0.39 is 0 Å². The number of carbonyl (C=O) groups is 1. The van der Waals surface area contributed by atoms with Gasteiger partial charge in [-0.1, -0.05) is 12.1 Å². The third-order valence-electron chi connectivity index (χ3n) is 4.14. The SMILES string of the molecule is N#Cc1ccccc1Nc1ccc(C(=O)Nc2ccc3c(c2)OCCO3)cn1. The maximum absolute atomic E-state index is 12.5. The number of para-hydroxylation sites is 1. The van der Waals surface area contributed by atoms with Crippen LogP contribution in [0.15, 0.2) is 60.8 Å². The molecule has 0 saturated heterocycles. The van der Waals surface area contributed by atoms with Gasteiger partial charge in [0, 0.05) is 18.0 Å². The van der Waals surface area contributed by atoms with E-state index in [0.29, 0.717) is 53.0 Å². The number of fused-ring (bicyclic) bond motifs is 1. The molecule has 1 aromatic heterocycles. The van der Waals surface area contributed by atoms with Crippen LogP contribution in [0.3, 0.4) is 0 Å². The fourth-order valence-corrected chi connectivity index (χ4v) is 2.75. The first-order chi connectivity index (χ1) is 13.7. The van der Waals surface area contributed by atoms with Gasteiger partial charge in [0.1, 0.15) is 25.1 Å². The van der Waals surface area contributed by atoms with Crippen LogP contribution in [0.5, 0.6) is 11.5 Å². The van der Waals surface area contributed by atoms with Crippen LogP contribution < -0.4 is 20.1 Å². The predicted molar refractivity (Wildman–Crippen MR) is 104 cm³/mol. The number of nitriles is 1. The van der Waals surface area contributed by atoms with Crippen LogP contribution >= 0.6 is 0 Å². The van der Waals surface area contributed by atoms with E-state index in [1.54, 1.807) is 48.5 Å². The second kappa shape index (κ2) is 7.68. The highest BCUT2D eigenvalue weighted by atomic mass is 16.6. The summed E-state index contributed by atoms with van der Waals surface area (Å²) in [7, 11) is 0. The Morgan fingerprint density at radius 1 is 1.04 bits per heavy atom. The smallest absolute Gasteiger partial charge is 0.257 e. The van der Waals surface area contributed by atoms with Crippen molar-refractivity contribution in [2.45, 2.75) is 0 Å². The molecule has 3 aromatic rings. The number of ether oxygens (including phenoxy) is 2. The van der Waals surface area contributed by atoms with E-state index in [9.17, 15) is 4.79 Å². The minimum atomic E-state index is -0.284. The molecule has 4 rings (SSSR count). The Labute approximate surface area is 161 Å². The first-order valence-electron chi connectivity index (χ1n) is 8.66. The van der Waals surface area contributed by atoms with Crippen LogP contribution in [0, 0.1) is 11.3 Å². The van der Waals surface area contributed by atoms with Crippen LogP contribution in [-0.2, 0) is 0 Å². The molecule has 0 spiro atoms. The fraction of sp³-hybridized carbons (Fsp3) is 0.0952. The second-order valence-electron chi connectivity index (χ2n) is 6.03. The van der Waals surface area contributed by atoms with Crippen molar-refractivity contribution in [2.75, 3.05) is 23.8 Å². The summed E-state index contributed by atoms with van der Waals surface area (Å²) in [5.74, 6) is 1.53. The molecular formula is C21H16N4O3. The Kier molecular flexibility index (Phi) is 4.76. The fourth-order valence-electron chi connectivity index (χ4n) is 2.75. The van der Waals surface area contributed by atoms with Crippen LogP contribution in [0.25, 0.3) is 0 Å². The van der Waals surface area contributed by atoms with Crippen molar-refractivity contribution in [3.05, 3.63) is 71.9 Å². The molecule has 0 saturated carbocycles. The van der Waals surface area contributed by atoms with Gasteiger partial charge in [0.05, 0.1) is 16.8 Å². The lowest BCUT2D eigenvalue weighted by atomic mass is 10.2. The minimum absolute atomic E-state index is 0.284. The van der Waals surface area contributed by atoms with Gasteiger partial charge in [0.2, 0.25) is 0 Å². The van der Waals surface area contributed by atoms with Crippen molar-refractivity contribution >= 4 is 23.1 Å². The van der Waals surface area contributed by atoms with Gasteiger partial charge in [0.25, 0.3) is 5.91 Å². The molecule has 0 aliphatic carbocycles. The third-order valence-corrected chi connectivity index (χ3v) is 4.14. The molecular weight excluding hydrogens is 356 g/mol. The number of amides is 1. The number of rotatable bonds is 4. The molecule has 2 aromatic carbocycles. The molecule has 0 radical (unpaired) electrons. The van der Waals surface area contributed by atoms with Crippen molar-refractivity contribution in [3.63, 3.8) is 0 Å². The van der Waals surface area contributed by atoms with Gasteiger partial charge >= 0.3 is 0 Å². The molecule has 0 fully saturated rings. The van der Waals surface area contributed by atoms with Gasteiger partial charge in [-0.25, -0.2) is 4.98 Å². The Morgan fingerprint density at radius 2 is 1.86 bits per heavy atom. The number of pyridine rings is 1. The summed E-state index contributed by atoms with van der Waals surface area (Å²) in [4.78, 5) is 16.7. The van der Waals surface area contributed by atoms with Gasteiger partial charge in [-0.15, -0.1) is 0 Å². The Bertz CT molecular complexity index is 1060. The van der Waals surface area contributed by atoms with E-state index in [0.717, 1.165) is 0 Å². The van der Waals surface area contributed by atoms with Gasteiger partial charge in [-0.2, -0.15) is 5.26 Å². The summed E-state index contributed by atoms with van der Waals surface area (Å²) in [6, 6.07) is 17.9. The summed E-state index contributed by atoms with van der Waals surface area (Å²) in [6.45, 7) is 1.00. The first kappa shape index (κ1) is 17.4. The summed E-state index contributed by atoms with van der Waals surface area (Å²) < 4.78 is 11.0. The third kappa shape index (κ3) is 3.71. The number of nitrogens with one attached hydrogen (secondary N) is 2. The molecule has 1 aliphatic rings. The Morgan fingerprint density at radius 3 is 2.64 bits per heavy atom. The van der Waals surface area contributed by atoms with E-state index in [1.165, 1.54) is 6.20 Å². The van der Waals surface area contributed by atoms with E-state index >= 15 is 0 Å². The van der Waals surface area contributed by atoms with Crippen molar-refractivity contribution in [2.24, 2.45) is 0 Å². The predicted octanol–water partition coefficient (Wildman–Crippen LogP) is 3.72. The number of nitrogens with zero attached hydrogens (tertiary/aromatic N) is 2. The quantitative estimate of drug-likeness (QED) is 0.725. The van der Waals surface area contributed by atoms with Crippen LogP contribution in [-0.4, -0.2) is 24.1 Å². The summed E-state index contributed by atoms with van der Waals surface area (Å²) >= 11 is 0. The molecule has 0 unspecified atom stereocenters. The van der Waals surface area contributed by atoms with Crippen molar-refractivity contribution in [1.82, 2.24) is 4.98 Å². The molecule has 1 amide bonds. The van der Waals surface area contributed by atoms with Gasteiger partial charge < -0.3 is 20.1 Å². The van der Waals surface area contributed by atoms with Crippen LogP contribution in [0.2, 0.25) is 0 Å². The molecule has 7 heteroatoms. The van der Waals surface area contributed by atoms with Crippen molar-refractivity contribution in [1.29, 1.82) is 5.26 Å². The average Bonchev–Trinajstić information content (AvgIpc) is 2.74. The molecule has 1 aliphatic heterocycles. The maximum Gasteiger partial charge on any atom is 0.257 e. The summed E-state index contributed by atoms with van der Waals surface area (Å²) in [6.07, 6.45) is 1.48. The molecule has 0 atom stereocenters. The van der Waals surface area contributed by atoms with E-state index in [4.69, 9.17) is 14.7 Å². The second-order valence-corrected chi connectivity index (χ2v) is 6.03. The highest BCUT2D eigenvalue weighted by Crippen LogP contribution is 2.32. The lowest BCUT2D eigenvalue weighted by molar-refractivity contribution is 0.102. The molecule has 0 bridgehead atoms. The zero-order valence-electron chi connectivity index (χ0n) is 14.8. The highest BCUT2D eigenvalue weighted by molar-refractivity contribution is 6.04. The standard InChI is InChI=1S/C21H16N4O3/c22-12-14-3-1-2-4-17(14)25-20-8-5-15(13-23-20)21(26)24-16-6-7-18-19(11-16)28-10-9-27-18/h1-8,11,13H,9-10H2,(H,23,25)(H,24,26). The Balaban J connectivity index is 1.45. The average molecular weight is 372 g/mol. The van der Waals surface area contributed by atoms with Crippen molar-refractivity contribution in [3.8, 4) is 17.6 Å². The number of anilines is 3. The topological polar surface area (TPSA) is 96.3 Å². The van der Waals surface area contributed by atoms with Crippen molar-refractivity contribution < 1.29 is 14.3 Å². The molecule has 2 heterocycles. The monoisotopic (exact) mass is 372 g/mol. The Hall–Kier alpha value is -4.05. The normalized spacial score (nSPS) is 12.0. The van der Waals surface area contributed by atoms with Crippen LogP contribution in [0.1, 0.15) is 15.9 Å². The van der Waals surface area contributed by atoms with Crippen LogP contribution in [0.4, 0.5) is 17.2 Å². The van der Waals surface area contributed by atoms with E-state index in [1.807, 2.05) is 6.07 Å². The van der Waals surface area contributed by atoms with E-state index in [2.05, 4.69) is 21.7 Å². The van der Waals surface area contributed by atoms with E-state index in [-0.39, 0.29) is 5.91 Å². The summed E-state index contributed by atoms with van der Waals surface area (Å²) in [5.41, 5.74) is 2.20. The largest absolute Gasteiger partial charge is 0.486 e. The summed E-state index contributed by atoms with van der Waals surface area (Å²) in [5, 5.41) is 15.0. The number of carbonyl (C=O) groups excluding carboxylic acids is 1. The molecule has 28 heavy (non-hydrogen) atoms. The zero-order chi connectivity index (χ0) is 19.3. The van der Waals surface area contributed by atoms with Gasteiger partial charge in [-0.05, 0) is 36.4 Å². The zero-order valence-corrected chi connectivity index (χ0v) is 14.8. The minimum Gasteiger partial charge on any atom is -0.486 e. The number of aromatic nitrogens is 1. The lowest BCUT2D eigenvalue weighted by Gasteiger charge is -2.19. The first-order valence-corrected chi connectivity index (χ1v) is 8.66. The molecule has 138 valence electrons. The van der Waals surface area contributed by atoms with Gasteiger partial charge in [-0.3, -0.25) is 4.79 Å². The number of hydrogen-bond donors (Lipinski definition) is 2.